The number of aromatic nitrogens is 4. The molecule has 0 aliphatic carbocycles. The van der Waals surface area contributed by atoms with Crippen molar-refractivity contribution in [3.63, 3.8) is 0 Å². The minimum Gasteiger partial charge on any atom is -0.387 e. The number of hydrogen-bond acceptors (Lipinski definition) is 5. The number of rotatable bonds is 4. The summed E-state index contributed by atoms with van der Waals surface area (Å²) in [7, 11) is 0. The second-order valence-corrected chi connectivity index (χ2v) is 7.46. The van der Waals surface area contributed by atoms with Crippen molar-refractivity contribution in [2.24, 2.45) is 0 Å². The molecule has 1 amide bonds. The summed E-state index contributed by atoms with van der Waals surface area (Å²) in [6.07, 6.45) is -0.787. The summed E-state index contributed by atoms with van der Waals surface area (Å²) in [5, 5.41) is 16.1. The summed E-state index contributed by atoms with van der Waals surface area (Å²) in [5.74, 6) is -1.32. The first kappa shape index (κ1) is 21.9. The quantitative estimate of drug-likeness (QED) is 0.596. The van der Waals surface area contributed by atoms with Crippen LogP contribution in [0.15, 0.2) is 36.8 Å². The summed E-state index contributed by atoms with van der Waals surface area (Å²) in [6.45, 7) is 0.235. The number of benzene rings is 1. The van der Waals surface area contributed by atoms with Gasteiger partial charge in [-0.15, -0.1) is 0 Å². The van der Waals surface area contributed by atoms with Crippen molar-refractivity contribution in [3.05, 3.63) is 53.9 Å². The highest BCUT2D eigenvalue weighted by atomic mass is 19.4. The van der Waals surface area contributed by atoms with E-state index < -0.39 is 24.2 Å². The Morgan fingerprint density at radius 3 is 2.59 bits per heavy atom. The van der Waals surface area contributed by atoms with Gasteiger partial charge in [0.15, 0.2) is 0 Å². The second kappa shape index (κ2) is 8.65. The van der Waals surface area contributed by atoms with E-state index in [2.05, 4.69) is 20.2 Å². The van der Waals surface area contributed by atoms with Crippen LogP contribution in [0.1, 0.15) is 30.0 Å². The van der Waals surface area contributed by atoms with Crippen molar-refractivity contribution in [1.82, 2.24) is 25.1 Å². The zero-order chi connectivity index (χ0) is 22.9. The number of likely N-dealkylation sites (tertiary alicyclic amines) is 1. The molecule has 7 nitrogen and oxygen atoms in total. The number of aliphatic hydroxyl groups excluding tert-OH is 1. The number of amides is 1. The van der Waals surface area contributed by atoms with Crippen LogP contribution in [0.2, 0.25) is 0 Å². The minimum atomic E-state index is -4.64. The Bertz CT molecular complexity index is 1110. The normalized spacial score (nSPS) is 15.2. The van der Waals surface area contributed by atoms with Crippen LogP contribution in [0.25, 0.3) is 22.5 Å². The third kappa shape index (κ3) is 4.20. The molecule has 0 unspecified atom stereocenters. The van der Waals surface area contributed by atoms with E-state index in [0.29, 0.717) is 48.9 Å². The van der Waals surface area contributed by atoms with Gasteiger partial charge in [-0.25, -0.2) is 14.4 Å². The van der Waals surface area contributed by atoms with Crippen LogP contribution in [0.5, 0.6) is 0 Å². The number of H-pyrrole nitrogens is 1. The van der Waals surface area contributed by atoms with Gasteiger partial charge in [0, 0.05) is 42.0 Å². The predicted molar refractivity (Wildman–Crippen MR) is 106 cm³/mol. The predicted octanol–water partition coefficient (Wildman–Crippen LogP) is 3.39. The summed E-state index contributed by atoms with van der Waals surface area (Å²) in [5.41, 5.74) is 0.150. The smallest absolute Gasteiger partial charge is 0.387 e. The molecule has 0 saturated carbocycles. The molecule has 0 atom stereocenters. The van der Waals surface area contributed by atoms with Crippen LogP contribution in [0.4, 0.5) is 17.6 Å². The van der Waals surface area contributed by atoms with Crippen molar-refractivity contribution in [1.29, 1.82) is 0 Å². The van der Waals surface area contributed by atoms with Crippen LogP contribution in [0.3, 0.4) is 0 Å². The lowest BCUT2D eigenvalue weighted by molar-refractivity contribution is -0.137. The SMILES string of the molecule is O=C(CO)N1CCC(c2[nH]nc(-c3cc(C(F)(F)F)ccc3F)c2-c2ccncn2)CC1. The number of aliphatic hydroxyl groups is 1. The van der Waals surface area contributed by atoms with Gasteiger partial charge in [-0.2, -0.15) is 18.3 Å². The highest BCUT2D eigenvalue weighted by molar-refractivity contribution is 5.82. The molecule has 4 rings (SSSR count). The van der Waals surface area contributed by atoms with E-state index in [9.17, 15) is 22.4 Å². The molecule has 168 valence electrons. The number of halogens is 4. The zero-order valence-corrected chi connectivity index (χ0v) is 16.7. The zero-order valence-electron chi connectivity index (χ0n) is 16.7. The number of carbonyl (C=O) groups is 1. The number of nitrogens with zero attached hydrogens (tertiary/aromatic N) is 4. The first-order valence-electron chi connectivity index (χ1n) is 9.90. The van der Waals surface area contributed by atoms with E-state index in [-0.39, 0.29) is 23.1 Å². The molecule has 32 heavy (non-hydrogen) atoms. The number of alkyl halides is 3. The maximum Gasteiger partial charge on any atom is 0.416 e. The Morgan fingerprint density at radius 2 is 1.97 bits per heavy atom. The highest BCUT2D eigenvalue weighted by Gasteiger charge is 2.33. The van der Waals surface area contributed by atoms with Crippen LogP contribution < -0.4 is 0 Å². The Balaban J connectivity index is 1.78. The summed E-state index contributed by atoms with van der Waals surface area (Å²) in [6, 6.07) is 3.77. The molecular weight excluding hydrogens is 430 g/mol. The van der Waals surface area contributed by atoms with E-state index in [1.165, 1.54) is 12.5 Å². The van der Waals surface area contributed by atoms with Gasteiger partial charge >= 0.3 is 6.18 Å². The number of aromatic amines is 1. The van der Waals surface area contributed by atoms with E-state index in [1.807, 2.05) is 0 Å². The van der Waals surface area contributed by atoms with Gasteiger partial charge in [0.1, 0.15) is 24.4 Å². The highest BCUT2D eigenvalue weighted by Crippen LogP contribution is 2.41. The van der Waals surface area contributed by atoms with Crippen LogP contribution >= 0.6 is 0 Å². The second-order valence-electron chi connectivity index (χ2n) is 7.46. The third-order valence-electron chi connectivity index (χ3n) is 5.57. The van der Waals surface area contributed by atoms with E-state index in [4.69, 9.17) is 5.11 Å². The summed E-state index contributed by atoms with van der Waals surface area (Å²) < 4.78 is 54.4. The molecule has 1 saturated heterocycles. The Morgan fingerprint density at radius 1 is 1.22 bits per heavy atom. The molecule has 11 heteroatoms. The maximum absolute atomic E-state index is 14.6. The fraction of sp³-hybridized carbons (Fsp3) is 0.333. The average Bonchev–Trinajstić information content (AvgIpc) is 3.23. The molecular formula is C21H19F4N5O2. The minimum absolute atomic E-state index is 0.0242. The first-order chi connectivity index (χ1) is 15.3. The topological polar surface area (TPSA) is 95.0 Å². The number of carbonyl (C=O) groups excluding carboxylic acids is 1. The van der Waals surface area contributed by atoms with Gasteiger partial charge in [0.25, 0.3) is 0 Å². The van der Waals surface area contributed by atoms with Gasteiger partial charge in [0.2, 0.25) is 5.91 Å². The molecule has 0 radical (unpaired) electrons. The molecule has 0 bridgehead atoms. The molecule has 2 N–H and O–H groups in total. The molecule has 3 aromatic rings. The Kier molecular flexibility index (Phi) is 5.92. The van der Waals surface area contributed by atoms with E-state index in [1.54, 1.807) is 11.0 Å². The molecule has 1 aliphatic heterocycles. The van der Waals surface area contributed by atoms with Gasteiger partial charge in [-0.1, -0.05) is 0 Å². The van der Waals surface area contributed by atoms with Gasteiger partial charge in [-0.3, -0.25) is 9.89 Å². The average molecular weight is 449 g/mol. The molecule has 3 heterocycles. The van der Waals surface area contributed by atoms with Crippen molar-refractivity contribution >= 4 is 5.91 Å². The van der Waals surface area contributed by atoms with Gasteiger partial charge < -0.3 is 10.0 Å². The molecule has 1 fully saturated rings. The molecule has 0 spiro atoms. The van der Waals surface area contributed by atoms with Crippen molar-refractivity contribution in [2.75, 3.05) is 19.7 Å². The fourth-order valence-corrected chi connectivity index (χ4v) is 3.94. The van der Waals surface area contributed by atoms with Crippen molar-refractivity contribution < 1.29 is 27.5 Å². The first-order valence-corrected chi connectivity index (χ1v) is 9.90. The van der Waals surface area contributed by atoms with Gasteiger partial charge in [0.05, 0.1) is 11.3 Å². The fourth-order valence-electron chi connectivity index (χ4n) is 3.94. The standard InChI is InChI=1S/C21H19F4N5O2/c22-15-2-1-13(21(23,24)25)9-14(15)20-18(16-3-6-26-11-27-16)19(28-29-20)12-4-7-30(8-5-12)17(32)10-31/h1-3,6,9,11-12,31H,4-5,7-8,10H2,(H,28,29). The number of nitrogens with one attached hydrogen (secondary N) is 1. The lowest BCUT2D eigenvalue weighted by Crippen LogP contribution is -2.39. The molecule has 1 aromatic carbocycles. The largest absolute Gasteiger partial charge is 0.416 e. The van der Waals surface area contributed by atoms with Crippen molar-refractivity contribution in [3.8, 4) is 22.5 Å². The Hall–Kier alpha value is -3.34. The summed E-state index contributed by atoms with van der Waals surface area (Å²) >= 11 is 0. The number of hydrogen-bond donors (Lipinski definition) is 2. The van der Waals surface area contributed by atoms with E-state index >= 15 is 0 Å². The maximum atomic E-state index is 14.6. The molecule has 2 aromatic heterocycles. The van der Waals surface area contributed by atoms with Crippen molar-refractivity contribution in [2.45, 2.75) is 24.9 Å². The van der Waals surface area contributed by atoms with Crippen LogP contribution in [-0.4, -0.2) is 55.8 Å². The van der Waals surface area contributed by atoms with Gasteiger partial charge in [-0.05, 0) is 37.1 Å². The monoisotopic (exact) mass is 449 g/mol. The van der Waals surface area contributed by atoms with E-state index in [0.717, 1.165) is 12.1 Å². The number of piperidine rings is 1. The lowest BCUT2D eigenvalue weighted by Gasteiger charge is -2.31. The Labute approximate surface area is 180 Å². The summed E-state index contributed by atoms with van der Waals surface area (Å²) in [4.78, 5) is 21.4. The molecule has 1 aliphatic rings. The van der Waals surface area contributed by atoms with Crippen LogP contribution in [0, 0.1) is 5.82 Å². The van der Waals surface area contributed by atoms with Crippen LogP contribution in [-0.2, 0) is 11.0 Å². The lowest BCUT2D eigenvalue weighted by atomic mass is 9.88. The third-order valence-corrected chi connectivity index (χ3v) is 5.57.